The normalized spacial score (nSPS) is 12.5. The number of rotatable bonds is 4. The monoisotopic (exact) mass is 193 g/mol. The predicted molar refractivity (Wildman–Crippen MR) is 61.0 cm³/mol. The number of benzene rings is 1. The van der Waals surface area contributed by atoms with Crippen LogP contribution in [0.25, 0.3) is 0 Å². The Labute approximate surface area is 85.3 Å². The van der Waals surface area contributed by atoms with Crippen molar-refractivity contribution in [3.63, 3.8) is 0 Å². The maximum absolute atomic E-state index is 4.15. The molecule has 0 amide bonds. The smallest absolute Gasteiger partial charge is 0.0537 e. The molecule has 1 rings (SSSR count). The Balaban J connectivity index is 2.82. The molecule has 0 bridgehead atoms. The van der Waals surface area contributed by atoms with Crippen molar-refractivity contribution in [3.8, 4) is 0 Å². The van der Waals surface area contributed by atoms with Crippen molar-refractivity contribution in [2.75, 3.05) is 5.88 Å². The number of hydrogen-bond donors (Lipinski definition) is 2. The SMILES string of the molecule is C=C(C)C(NCS)c1ccccc1. The zero-order chi connectivity index (χ0) is 9.68. The summed E-state index contributed by atoms with van der Waals surface area (Å²) in [5.74, 6) is 0.659. The van der Waals surface area contributed by atoms with Gasteiger partial charge in [-0.05, 0) is 12.5 Å². The minimum Gasteiger partial charge on any atom is -0.298 e. The molecule has 0 aliphatic rings. The molecule has 1 unspecified atom stereocenters. The van der Waals surface area contributed by atoms with Gasteiger partial charge in [0.15, 0.2) is 0 Å². The van der Waals surface area contributed by atoms with Gasteiger partial charge in [0, 0.05) is 5.88 Å². The van der Waals surface area contributed by atoms with E-state index in [1.807, 2.05) is 25.1 Å². The lowest BCUT2D eigenvalue weighted by atomic mass is 10.0. The maximum Gasteiger partial charge on any atom is 0.0537 e. The minimum absolute atomic E-state index is 0.221. The summed E-state index contributed by atoms with van der Waals surface area (Å²) in [6.07, 6.45) is 0. The second-order valence-corrected chi connectivity index (χ2v) is 3.37. The molecule has 2 heteroatoms. The van der Waals surface area contributed by atoms with Crippen LogP contribution in [-0.4, -0.2) is 5.88 Å². The Kier molecular flexibility index (Phi) is 4.06. The largest absolute Gasteiger partial charge is 0.298 e. The van der Waals surface area contributed by atoms with E-state index < -0.39 is 0 Å². The third-order valence-electron chi connectivity index (χ3n) is 1.92. The molecule has 1 aromatic carbocycles. The summed E-state index contributed by atoms with van der Waals surface area (Å²) in [5, 5.41) is 3.26. The van der Waals surface area contributed by atoms with Gasteiger partial charge in [-0.1, -0.05) is 42.5 Å². The Hall–Kier alpha value is -0.730. The van der Waals surface area contributed by atoms with Crippen LogP contribution in [0, 0.1) is 0 Å². The highest BCUT2D eigenvalue weighted by atomic mass is 32.1. The summed E-state index contributed by atoms with van der Waals surface area (Å²) in [7, 11) is 0. The molecule has 0 aliphatic heterocycles. The van der Waals surface area contributed by atoms with E-state index in [1.165, 1.54) is 5.56 Å². The van der Waals surface area contributed by atoms with Gasteiger partial charge in [0.2, 0.25) is 0 Å². The Morgan fingerprint density at radius 2 is 2.08 bits per heavy atom. The maximum atomic E-state index is 4.15. The highest BCUT2D eigenvalue weighted by Gasteiger charge is 2.09. The van der Waals surface area contributed by atoms with Crippen LogP contribution in [-0.2, 0) is 0 Å². The van der Waals surface area contributed by atoms with Crippen LogP contribution in [0.4, 0.5) is 0 Å². The summed E-state index contributed by atoms with van der Waals surface area (Å²) < 4.78 is 0. The van der Waals surface area contributed by atoms with E-state index in [2.05, 4.69) is 36.7 Å². The highest BCUT2D eigenvalue weighted by Crippen LogP contribution is 2.19. The lowest BCUT2D eigenvalue weighted by Gasteiger charge is -2.17. The molecular weight excluding hydrogens is 178 g/mol. The average molecular weight is 193 g/mol. The minimum atomic E-state index is 0.221. The fourth-order valence-corrected chi connectivity index (χ4v) is 1.50. The van der Waals surface area contributed by atoms with Crippen LogP contribution in [0.2, 0.25) is 0 Å². The van der Waals surface area contributed by atoms with Gasteiger partial charge >= 0.3 is 0 Å². The van der Waals surface area contributed by atoms with Crippen LogP contribution in [0.15, 0.2) is 42.5 Å². The topological polar surface area (TPSA) is 12.0 Å². The Morgan fingerprint density at radius 3 is 2.54 bits per heavy atom. The fraction of sp³-hybridized carbons (Fsp3) is 0.273. The first-order chi connectivity index (χ1) is 6.25. The summed E-state index contributed by atoms with van der Waals surface area (Å²) in [4.78, 5) is 0. The fourth-order valence-electron chi connectivity index (χ4n) is 1.31. The van der Waals surface area contributed by atoms with Crippen LogP contribution < -0.4 is 5.32 Å². The number of thiol groups is 1. The second-order valence-electron chi connectivity index (χ2n) is 3.05. The van der Waals surface area contributed by atoms with Crippen molar-refractivity contribution in [2.45, 2.75) is 13.0 Å². The van der Waals surface area contributed by atoms with Gasteiger partial charge in [0.1, 0.15) is 0 Å². The van der Waals surface area contributed by atoms with Gasteiger partial charge in [0.25, 0.3) is 0 Å². The van der Waals surface area contributed by atoms with E-state index >= 15 is 0 Å². The van der Waals surface area contributed by atoms with Crippen LogP contribution >= 0.6 is 12.6 Å². The van der Waals surface area contributed by atoms with Crippen molar-refractivity contribution < 1.29 is 0 Å². The quantitative estimate of drug-likeness (QED) is 0.426. The first kappa shape index (κ1) is 10.4. The van der Waals surface area contributed by atoms with E-state index in [-0.39, 0.29) is 6.04 Å². The van der Waals surface area contributed by atoms with E-state index in [4.69, 9.17) is 0 Å². The first-order valence-electron chi connectivity index (χ1n) is 4.30. The summed E-state index contributed by atoms with van der Waals surface area (Å²) in [6.45, 7) is 5.98. The summed E-state index contributed by atoms with van der Waals surface area (Å²) in [5.41, 5.74) is 2.35. The van der Waals surface area contributed by atoms with Crippen molar-refractivity contribution in [1.29, 1.82) is 0 Å². The average Bonchev–Trinajstić information content (AvgIpc) is 2.15. The third-order valence-corrected chi connectivity index (χ3v) is 2.10. The Morgan fingerprint density at radius 1 is 1.46 bits per heavy atom. The molecular formula is C11H15NS. The summed E-state index contributed by atoms with van der Waals surface area (Å²) >= 11 is 4.15. The standard InChI is InChI=1S/C11H15NS/c1-9(2)11(12-8-13)10-6-4-3-5-7-10/h3-7,11-13H,1,8H2,2H3. The van der Waals surface area contributed by atoms with Gasteiger partial charge in [-0.25, -0.2) is 0 Å². The van der Waals surface area contributed by atoms with E-state index in [0.29, 0.717) is 5.88 Å². The molecule has 0 aromatic heterocycles. The molecule has 0 radical (unpaired) electrons. The molecule has 0 spiro atoms. The lowest BCUT2D eigenvalue weighted by molar-refractivity contribution is 0.667. The highest BCUT2D eigenvalue weighted by molar-refractivity contribution is 7.80. The summed E-state index contributed by atoms with van der Waals surface area (Å²) in [6, 6.07) is 10.5. The van der Waals surface area contributed by atoms with Crippen molar-refractivity contribution in [3.05, 3.63) is 48.0 Å². The molecule has 0 saturated heterocycles. The van der Waals surface area contributed by atoms with Crippen LogP contribution in [0.1, 0.15) is 18.5 Å². The molecule has 0 aliphatic carbocycles. The van der Waals surface area contributed by atoms with Gasteiger partial charge in [-0.15, -0.1) is 0 Å². The molecule has 1 nitrogen and oxygen atoms in total. The van der Waals surface area contributed by atoms with Gasteiger partial charge in [0.05, 0.1) is 6.04 Å². The number of nitrogens with one attached hydrogen (secondary N) is 1. The van der Waals surface area contributed by atoms with Gasteiger partial charge in [-0.3, -0.25) is 5.32 Å². The van der Waals surface area contributed by atoms with E-state index in [1.54, 1.807) is 0 Å². The predicted octanol–water partition coefficient (Wildman–Crippen LogP) is 2.78. The molecule has 1 N–H and O–H groups in total. The lowest BCUT2D eigenvalue weighted by Crippen LogP contribution is -2.20. The van der Waals surface area contributed by atoms with E-state index in [9.17, 15) is 0 Å². The van der Waals surface area contributed by atoms with Crippen molar-refractivity contribution >= 4 is 12.6 Å². The third kappa shape index (κ3) is 2.90. The molecule has 70 valence electrons. The molecule has 0 saturated carbocycles. The van der Waals surface area contributed by atoms with Crippen molar-refractivity contribution in [1.82, 2.24) is 5.32 Å². The molecule has 13 heavy (non-hydrogen) atoms. The zero-order valence-electron chi connectivity index (χ0n) is 7.83. The zero-order valence-corrected chi connectivity index (χ0v) is 8.72. The molecule has 1 atom stereocenters. The first-order valence-corrected chi connectivity index (χ1v) is 4.93. The van der Waals surface area contributed by atoms with Crippen molar-refractivity contribution in [2.24, 2.45) is 0 Å². The van der Waals surface area contributed by atoms with Crippen LogP contribution in [0.3, 0.4) is 0 Å². The molecule has 1 aromatic rings. The molecule has 0 heterocycles. The van der Waals surface area contributed by atoms with Crippen LogP contribution in [0.5, 0.6) is 0 Å². The van der Waals surface area contributed by atoms with E-state index in [0.717, 1.165) is 5.57 Å². The molecule has 0 fully saturated rings. The Bertz CT molecular complexity index is 269. The van der Waals surface area contributed by atoms with Gasteiger partial charge < -0.3 is 0 Å². The second kappa shape index (κ2) is 5.10. The van der Waals surface area contributed by atoms with Gasteiger partial charge in [-0.2, -0.15) is 12.6 Å². The number of hydrogen-bond acceptors (Lipinski definition) is 2.